The normalized spacial score (nSPS) is 14.7. The van der Waals surface area contributed by atoms with Gasteiger partial charge in [-0.1, -0.05) is 64.5 Å². The first-order chi connectivity index (χ1) is 18.0. The number of ether oxygens (including phenoxy) is 2. The molecule has 0 unspecified atom stereocenters. The highest BCUT2D eigenvalue weighted by Crippen LogP contribution is 2.37. The predicted octanol–water partition coefficient (Wildman–Crippen LogP) is 6.67. The van der Waals surface area contributed by atoms with E-state index >= 15 is 0 Å². The van der Waals surface area contributed by atoms with Crippen molar-refractivity contribution in [1.29, 1.82) is 0 Å². The van der Waals surface area contributed by atoms with E-state index in [4.69, 9.17) is 14.6 Å². The van der Waals surface area contributed by atoms with Gasteiger partial charge in [-0.05, 0) is 54.1 Å². The first kappa shape index (κ1) is 24.5. The lowest BCUT2D eigenvalue weighted by Crippen LogP contribution is -2.27. The van der Waals surface area contributed by atoms with Crippen LogP contribution < -0.4 is 9.47 Å². The maximum absolute atomic E-state index is 13.5. The van der Waals surface area contributed by atoms with Gasteiger partial charge in [0.1, 0.15) is 11.5 Å². The van der Waals surface area contributed by atoms with E-state index in [9.17, 15) is 9.59 Å². The van der Waals surface area contributed by atoms with Crippen LogP contribution in [0.3, 0.4) is 0 Å². The highest BCUT2D eigenvalue weighted by atomic mass is 79.9. The lowest BCUT2D eigenvalue weighted by Gasteiger charge is -2.22. The minimum Gasteiger partial charge on any atom is -0.497 e. The van der Waals surface area contributed by atoms with Crippen LogP contribution >= 0.6 is 15.9 Å². The van der Waals surface area contributed by atoms with Crippen molar-refractivity contribution in [3.63, 3.8) is 0 Å². The molecule has 7 heteroatoms. The number of amides is 1. The molecule has 1 aliphatic heterocycles. The van der Waals surface area contributed by atoms with Crippen molar-refractivity contribution in [2.45, 2.75) is 12.5 Å². The maximum Gasteiger partial charge on any atom is 0.343 e. The zero-order chi connectivity index (χ0) is 25.8. The summed E-state index contributed by atoms with van der Waals surface area (Å²) in [5.74, 6) is 0.158. The number of halogens is 1. The van der Waals surface area contributed by atoms with Crippen molar-refractivity contribution in [3.05, 3.63) is 130 Å². The molecular weight excluding hydrogens is 532 g/mol. The zero-order valence-electron chi connectivity index (χ0n) is 20.0. The molecule has 1 atom stereocenters. The molecule has 1 heterocycles. The third-order valence-corrected chi connectivity index (χ3v) is 6.63. The van der Waals surface area contributed by atoms with E-state index < -0.39 is 5.97 Å². The Hall–Kier alpha value is -4.23. The van der Waals surface area contributed by atoms with E-state index in [2.05, 4.69) is 15.9 Å². The summed E-state index contributed by atoms with van der Waals surface area (Å²) in [7, 11) is 1.55. The van der Waals surface area contributed by atoms with Crippen molar-refractivity contribution in [2.24, 2.45) is 5.10 Å². The van der Waals surface area contributed by atoms with Gasteiger partial charge in [0.25, 0.3) is 5.91 Å². The van der Waals surface area contributed by atoms with E-state index in [0.717, 1.165) is 10.0 Å². The number of nitrogens with zero attached hydrogens (tertiary/aromatic N) is 2. The number of hydrogen-bond donors (Lipinski definition) is 0. The highest BCUT2D eigenvalue weighted by Gasteiger charge is 2.35. The minimum atomic E-state index is -0.490. The largest absolute Gasteiger partial charge is 0.497 e. The molecule has 1 aliphatic rings. The van der Waals surface area contributed by atoms with Crippen LogP contribution in [-0.2, 0) is 0 Å². The summed E-state index contributed by atoms with van der Waals surface area (Å²) in [6.07, 6.45) is 0.447. The van der Waals surface area contributed by atoms with Crippen LogP contribution in [0.15, 0.2) is 113 Å². The van der Waals surface area contributed by atoms with E-state index in [0.29, 0.717) is 40.3 Å². The Morgan fingerprint density at radius 2 is 1.51 bits per heavy atom. The van der Waals surface area contributed by atoms with Gasteiger partial charge in [0.05, 0.1) is 24.4 Å². The molecule has 0 spiro atoms. The molecule has 0 radical (unpaired) electrons. The molecule has 4 aromatic rings. The van der Waals surface area contributed by atoms with Crippen LogP contribution in [0.2, 0.25) is 0 Å². The van der Waals surface area contributed by atoms with E-state index in [1.165, 1.54) is 5.01 Å². The van der Waals surface area contributed by atoms with Crippen molar-refractivity contribution in [3.8, 4) is 11.5 Å². The fraction of sp³-hybridized carbons (Fsp3) is 0.100. The topological polar surface area (TPSA) is 68.2 Å². The Kier molecular flexibility index (Phi) is 7.14. The van der Waals surface area contributed by atoms with E-state index in [-0.39, 0.29) is 11.9 Å². The molecule has 37 heavy (non-hydrogen) atoms. The average Bonchev–Trinajstić information content (AvgIpc) is 3.39. The second kappa shape index (κ2) is 10.8. The molecule has 0 aromatic heterocycles. The van der Waals surface area contributed by atoms with Crippen LogP contribution in [0.4, 0.5) is 0 Å². The summed E-state index contributed by atoms with van der Waals surface area (Å²) in [4.78, 5) is 26.4. The summed E-state index contributed by atoms with van der Waals surface area (Å²) in [6, 6.07) is 30.6. The third kappa shape index (κ3) is 5.32. The molecule has 0 fully saturated rings. The highest BCUT2D eigenvalue weighted by molar-refractivity contribution is 9.10. The smallest absolute Gasteiger partial charge is 0.343 e. The number of carbonyl (C=O) groups excluding carboxylic acids is 2. The summed E-state index contributed by atoms with van der Waals surface area (Å²) in [5, 5.41) is 6.28. The quantitative estimate of drug-likeness (QED) is 0.197. The lowest BCUT2D eigenvalue weighted by atomic mass is 9.97. The second-order valence-electron chi connectivity index (χ2n) is 8.45. The van der Waals surface area contributed by atoms with Crippen LogP contribution in [0, 0.1) is 0 Å². The zero-order valence-corrected chi connectivity index (χ0v) is 21.6. The van der Waals surface area contributed by atoms with E-state index in [1.54, 1.807) is 61.7 Å². The summed E-state index contributed by atoms with van der Waals surface area (Å²) >= 11 is 3.48. The van der Waals surface area contributed by atoms with Crippen molar-refractivity contribution >= 4 is 33.5 Å². The molecule has 0 saturated carbocycles. The van der Waals surface area contributed by atoms with Gasteiger partial charge in [-0.15, -0.1) is 0 Å². The lowest BCUT2D eigenvalue weighted by molar-refractivity contribution is 0.0708. The monoisotopic (exact) mass is 554 g/mol. The Labute approximate surface area is 223 Å². The van der Waals surface area contributed by atoms with Gasteiger partial charge in [0, 0.05) is 28.1 Å². The first-order valence-corrected chi connectivity index (χ1v) is 12.5. The van der Waals surface area contributed by atoms with Crippen LogP contribution in [0.25, 0.3) is 0 Å². The molecule has 184 valence electrons. The molecule has 6 nitrogen and oxygen atoms in total. The fourth-order valence-electron chi connectivity index (χ4n) is 4.20. The molecule has 4 aromatic carbocycles. The Balaban J connectivity index is 1.54. The molecule has 0 aliphatic carbocycles. The van der Waals surface area contributed by atoms with Crippen molar-refractivity contribution < 1.29 is 19.1 Å². The molecule has 5 rings (SSSR count). The predicted molar refractivity (Wildman–Crippen MR) is 145 cm³/mol. The van der Waals surface area contributed by atoms with Crippen LogP contribution in [0.5, 0.6) is 11.5 Å². The van der Waals surface area contributed by atoms with Gasteiger partial charge in [-0.25, -0.2) is 9.80 Å². The van der Waals surface area contributed by atoms with Gasteiger partial charge in [0.15, 0.2) is 0 Å². The third-order valence-electron chi connectivity index (χ3n) is 6.11. The van der Waals surface area contributed by atoms with Crippen molar-refractivity contribution in [1.82, 2.24) is 5.01 Å². The number of rotatable bonds is 6. The van der Waals surface area contributed by atoms with Crippen molar-refractivity contribution in [2.75, 3.05) is 7.11 Å². The molecule has 0 N–H and O–H groups in total. The number of benzene rings is 4. The first-order valence-electron chi connectivity index (χ1n) is 11.7. The fourth-order valence-corrected chi connectivity index (χ4v) is 4.47. The Morgan fingerprint density at radius 3 is 2.16 bits per heavy atom. The number of esters is 1. The van der Waals surface area contributed by atoms with E-state index in [1.807, 2.05) is 48.5 Å². The Bertz CT molecular complexity index is 1450. The summed E-state index contributed by atoms with van der Waals surface area (Å²) < 4.78 is 12.1. The van der Waals surface area contributed by atoms with Gasteiger partial charge in [0.2, 0.25) is 0 Å². The molecular formula is C30H23BrN2O4. The van der Waals surface area contributed by atoms with Gasteiger partial charge < -0.3 is 9.47 Å². The number of hydrazone groups is 1. The second-order valence-corrected chi connectivity index (χ2v) is 9.37. The standard InChI is InChI=1S/C30H23BrN2O4/c1-36-24-16-17-25(28(18-24)37-30(35)22-10-6-3-7-11-22)26-19-27(20-12-14-23(31)15-13-20)33(32-26)29(34)21-8-4-2-5-9-21/h2-18,27H,19H2,1H3/t27-/m0/s1. The number of carbonyl (C=O) groups is 2. The molecule has 1 amide bonds. The van der Waals surface area contributed by atoms with Crippen LogP contribution in [0.1, 0.15) is 44.3 Å². The van der Waals surface area contributed by atoms with Gasteiger partial charge in [-0.2, -0.15) is 5.10 Å². The molecule has 0 bridgehead atoms. The van der Waals surface area contributed by atoms with Gasteiger partial charge in [-0.3, -0.25) is 4.79 Å². The summed E-state index contributed by atoms with van der Waals surface area (Å²) in [5.41, 5.74) is 3.17. The summed E-state index contributed by atoms with van der Waals surface area (Å²) in [6.45, 7) is 0. The van der Waals surface area contributed by atoms with Crippen LogP contribution in [-0.4, -0.2) is 29.7 Å². The van der Waals surface area contributed by atoms with Gasteiger partial charge >= 0.3 is 5.97 Å². The Morgan fingerprint density at radius 1 is 0.865 bits per heavy atom. The SMILES string of the molecule is COc1ccc(C2=NN(C(=O)c3ccccc3)[C@H](c3ccc(Br)cc3)C2)c(OC(=O)c2ccccc2)c1. The maximum atomic E-state index is 13.5. The molecule has 0 saturated heterocycles. The minimum absolute atomic E-state index is 0.208. The number of methoxy groups -OCH3 is 1. The number of hydrogen-bond acceptors (Lipinski definition) is 5. The average molecular weight is 555 g/mol.